The maximum atomic E-state index is 13.1. The minimum atomic E-state index is -4.61. The third-order valence-electron chi connectivity index (χ3n) is 3.73. The third-order valence-corrected chi connectivity index (χ3v) is 3.73. The maximum Gasteiger partial charge on any atom is 0.433 e. The number of halogens is 3. The highest BCUT2D eigenvalue weighted by Gasteiger charge is 2.35. The smallest absolute Gasteiger partial charge is 0.318 e. The number of carbonyl (C=O) groups excluding carboxylic acids is 1. The van der Waals surface area contributed by atoms with Crippen molar-refractivity contribution in [3.8, 4) is 0 Å². The predicted octanol–water partition coefficient (Wildman–Crippen LogP) is 2.83. The zero-order chi connectivity index (χ0) is 18.4. The largest absolute Gasteiger partial charge is 0.433 e. The van der Waals surface area contributed by atoms with Crippen LogP contribution in [-0.2, 0) is 12.7 Å². The molecule has 1 N–H and O–H groups in total. The lowest BCUT2D eigenvalue weighted by atomic mass is 10.3. The molecule has 0 aliphatic carbocycles. The minimum Gasteiger partial charge on any atom is -0.318 e. The van der Waals surface area contributed by atoms with Crippen molar-refractivity contribution in [3.05, 3.63) is 41.1 Å². The summed E-state index contributed by atoms with van der Waals surface area (Å²) in [5.41, 5.74) is 0.218. The molecule has 0 unspecified atom stereocenters. The molecule has 0 radical (unpaired) electrons. The van der Waals surface area contributed by atoms with Gasteiger partial charge in [-0.15, -0.1) is 0 Å². The summed E-state index contributed by atoms with van der Waals surface area (Å²) in [6, 6.07) is 2.11. The number of fused-ring (bicyclic) bond motifs is 1. The Bertz CT molecular complexity index is 956. The van der Waals surface area contributed by atoms with Crippen molar-refractivity contribution in [1.29, 1.82) is 0 Å². The number of hydrogen-bond acceptors (Lipinski definition) is 4. The van der Waals surface area contributed by atoms with Gasteiger partial charge in [-0.25, -0.2) is 9.50 Å². The second kappa shape index (κ2) is 5.87. The molecular weight excluding hydrogens is 337 g/mol. The zero-order valence-corrected chi connectivity index (χ0v) is 13.7. The van der Waals surface area contributed by atoms with Gasteiger partial charge in [0.05, 0.1) is 17.6 Å². The molecule has 0 spiro atoms. The highest BCUT2D eigenvalue weighted by atomic mass is 19.4. The molecular formula is C15H15F3N6O. The molecule has 0 saturated carbocycles. The van der Waals surface area contributed by atoms with Gasteiger partial charge in [-0.1, -0.05) is 0 Å². The van der Waals surface area contributed by atoms with Gasteiger partial charge in [-0.05, 0) is 26.8 Å². The first kappa shape index (κ1) is 16.9. The van der Waals surface area contributed by atoms with Crippen LogP contribution in [0.1, 0.15) is 34.5 Å². The number of carbonyl (C=O) groups is 1. The van der Waals surface area contributed by atoms with E-state index in [1.165, 1.54) is 19.2 Å². The Labute approximate surface area is 140 Å². The van der Waals surface area contributed by atoms with Gasteiger partial charge < -0.3 is 5.32 Å². The number of aromatic nitrogens is 5. The highest BCUT2D eigenvalue weighted by Crippen LogP contribution is 2.30. The Balaban J connectivity index is 1.98. The molecule has 3 rings (SSSR count). The molecule has 0 aliphatic rings. The third kappa shape index (κ3) is 3.06. The Morgan fingerprint density at radius 3 is 2.60 bits per heavy atom. The predicted molar refractivity (Wildman–Crippen MR) is 83.3 cm³/mol. The average molecular weight is 352 g/mol. The van der Waals surface area contributed by atoms with E-state index in [9.17, 15) is 18.0 Å². The van der Waals surface area contributed by atoms with E-state index in [1.54, 1.807) is 11.6 Å². The van der Waals surface area contributed by atoms with Gasteiger partial charge >= 0.3 is 6.18 Å². The SMILES string of the molecule is CCn1ncc(NC(=O)c2cc3nc(C)cc(C(F)(F)F)n3n2)c1C. The molecule has 0 aliphatic heterocycles. The lowest BCUT2D eigenvalue weighted by Gasteiger charge is -2.09. The van der Waals surface area contributed by atoms with Crippen LogP contribution >= 0.6 is 0 Å². The number of nitrogens with zero attached hydrogens (tertiary/aromatic N) is 5. The van der Waals surface area contributed by atoms with E-state index in [4.69, 9.17) is 0 Å². The van der Waals surface area contributed by atoms with E-state index < -0.39 is 17.8 Å². The minimum absolute atomic E-state index is 0.0431. The van der Waals surface area contributed by atoms with E-state index in [0.717, 1.165) is 11.8 Å². The Kier molecular flexibility index (Phi) is 3.97. The average Bonchev–Trinajstić information content (AvgIpc) is 3.09. The first-order valence-electron chi connectivity index (χ1n) is 7.49. The number of nitrogens with one attached hydrogen (secondary N) is 1. The molecule has 3 heterocycles. The Morgan fingerprint density at radius 1 is 1.28 bits per heavy atom. The molecule has 3 aromatic heterocycles. The van der Waals surface area contributed by atoms with Crippen LogP contribution < -0.4 is 5.32 Å². The van der Waals surface area contributed by atoms with Crippen molar-refractivity contribution in [1.82, 2.24) is 24.4 Å². The summed E-state index contributed by atoms with van der Waals surface area (Å²) in [4.78, 5) is 16.3. The number of anilines is 1. The first-order chi connectivity index (χ1) is 11.7. The van der Waals surface area contributed by atoms with Gasteiger partial charge in [0.25, 0.3) is 5.91 Å². The molecule has 0 fully saturated rings. The number of amides is 1. The summed E-state index contributed by atoms with van der Waals surface area (Å²) < 4.78 is 41.8. The maximum absolute atomic E-state index is 13.1. The Morgan fingerprint density at radius 2 is 2.00 bits per heavy atom. The van der Waals surface area contributed by atoms with Gasteiger partial charge in [0.1, 0.15) is 5.69 Å². The summed E-state index contributed by atoms with van der Waals surface area (Å²) in [6.45, 7) is 5.77. The van der Waals surface area contributed by atoms with Crippen molar-refractivity contribution in [2.24, 2.45) is 0 Å². The molecule has 0 atom stereocenters. The Hall–Kier alpha value is -2.91. The van der Waals surface area contributed by atoms with Crippen LogP contribution in [0.2, 0.25) is 0 Å². The second-order valence-corrected chi connectivity index (χ2v) is 5.49. The summed E-state index contributed by atoms with van der Waals surface area (Å²) in [6.07, 6.45) is -3.12. The van der Waals surface area contributed by atoms with Gasteiger partial charge in [-0.2, -0.15) is 23.4 Å². The van der Waals surface area contributed by atoms with Crippen LogP contribution in [0.25, 0.3) is 5.65 Å². The van der Waals surface area contributed by atoms with Crippen molar-refractivity contribution < 1.29 is 18.0 Å². The second-order valence-electron chi connectivity index (χ2n) is 5.49. The van der Waals surface area contributed by atoms with E-state index in [-0.39, 0.29) is 17.0 Å². The topological polar surface area (TPSA) is 77.1 Å². The highest BCUT2D eigenvalue weighted by molar-refractivity contribution is 6.03. The van der Waals surface area contributed by atoms with Crippen LogP contribution in [0.5, 0.6) is 0 Å². The molecule has 1 amide bonds. The summed E-state index contributed by atoms with van der Waals surface area (Å²) in [7, 11) is 0. The van der Waals surface area contributed by atoms with Crippen LogP contribution in [0, 0.1) is 13.8 Å². The van der Waals surface area contributed by atoms with Crippen molar-refractivity contribution in [2.45, 2.75) is 33.5 Å². The molecule has 0 aromatic carbocycles. The van der Waals surface area contributed by atoms with E-state index in [0.29, 0.717) is 16.7 Å². The molecule has 132 valence electrons. The molecule has 7 nitrogen and oxygen atoms in total. The van der Waals surface area contributed by atoms with Crippen molar-refractivity contribution in [3.63, 3.8) is 0 Å². The zero-order valence-electron chi connectivity index (χ0n) is 13.7. The lowest BCUT2D eigenvalue weighted by molar-refractivity contribution is -0.142. The number of rotatable bonds is 3. The van der Waals surface area contributed by atoms with E-state index >= 15 is 0 Å². The van der Waals surface area contributed by atoms with Crippen LogP contribution in [0.4, 0.5) is 18.9 Å². The number of aryl methyl sites for hydroxylation is 2. The normalized spacial score (nSPS) is 11.9. The van der Waals surface area contributed by atoms with Crippen molar-refractivity contribution >= 4 is 17.2 Å². The molecule has 25 heavy (non-hydrogen) atoms. The molecule has 10 heteroatoms. The van der Waals surface area contributed by atoms with Crippen LogP contribution in [-0.4, -0.2) is 30.3 Å². The fourth-order valence-electron chi connectivity index (χ4n) is 2.49. The van der Waals surface area contributed by atoms with E-state index in [2.05, 4.69) is 20.5 Å². The van der Waals surface area contributed by atoms with Crippen LogP contribution in [0.15, 0.2) is 18.3 Å². The standard InChI is InChI=1S/C15H15F3N6O/c1-4-23-9(3)11(7-19-23)21-14(25)10-6-13-20-8(2)5-12(15(16,17)18)24(13)22-10/h5-7H,4H2,1-3H3,(H,21,25). The number of alkyl halides is 3. The quantitative estimate of drug-likeness (QED) is 0.786. The fourth-order valence-corrected chi connectivity index (χ4v) is 2.49. The molecule has 0 saturated heterocycles. The van der Waals surface area contributed by atoms with Crippen molar-refractivity contribution in [2.75, 3.05) is 5.32 Å². The lowest BCUT2D eigenvalue weighted by Crippen LogP contribution is -2.16. The molecule has 0 bridgehead atoms. The number of hydrogen-bond donors (Lipinski definition) is 1. The summed E-state index contributed by atoms with van der Waals surface area (Å²) in [5, 5.41) is 10.5. The molecule has 3 aromatic rings. The summed E-state index contributed by atoms with van der Waals surface area (Å²) >= 11 is 0. The van der Waals surface area contributed by atoms with Gasteiger partial charge in [0.2, 0.25) is 0 Å². The van der Waals surface area contributed by atoms with Gasteiger partial charge in [0, 0.05) is 18.3 Å². The van der Waals surface area contributed by atoms with Gasteiger partial charge in [-0.3, -0.25) is 9.48 Å². The van der Waals surface area contributed by atoms with Crippen LogP contribution in [0.3, 0.4) is 0 Å². The fraction of sp³-hybridized carbons (Fsp3) is 0.333. The van der Waals surface area contributed by atoms with Gasteiger partial charge in [0.15, 0.2) is 11.3 Å². The van der Waals surface area contributed by atoms with E-state index in [1.807, 2.05) is 6.92 Å². The summed E-state index contributed by atoms with van der Waals surface area (Å²) in [5.74, 6) is -0.630. The first-order valence-corrected chi connectivity index (χ1v) is 7.49. The monoisotopic (exact) mass is 352 g/mol.